The summed E-state index contributed by atoms with van der Waals surface area (Å²) in [5, 5.41) is 4.57. The highest BCUT2D eigenvalue weighted by Crippen LogP contribution is 2.23. The Morgan fingerprint density at radius 3 is 2.71 bits per heavy atom. The van der Waals surface area contributed by atoms with Gasteiger partial charge in [0.2, 0.25) is 0 Å². The van der Waals surface area contributed by atoms with E-state index in [4.69, 9.17) is 21.1 Å². The first kappa shape index (κ1) is 19.9. The topological polar surface area (TPSA) is 69.6 Å². The Hall–Kier alpha value is -2.83. The first-order valence-electron chi connectivity index (χ1n) is 8.84. The van der Waals surface area contributed by atoms with Gasteiger partial charge < -0.3 is 19.4 Å². The minimum absolute atomic E-state index is 0.122. The quantitative estimate of drug-likeness (QED) is 0.631. The predicted octanol–water partition coefficient (Wildman–Crippen LogP) is 3.00. The van der Waals surface area contributed by atoms with Crippen molar-refractivity contribution in [3.63, 3.8) is 0 Å². The molecule has 2 aromatic carbocycles. The fourth-order valence-electron chi connectivity index (χ4n) is 2.81. The van der Waals surface area contributed by atoms with Crippen molar-refractivity contribution < 1.29 is 14.3 Å². The number of ether oxygens (including phenoxy) is 2. The van der Waals surface area contributed by atoms with Crippen LogP contribution in [0, 0.1) is 0 Å². The van der Waals surface area contributed by atoms with Gasteiger partial charge in [0.25, 0.3) is 11.5 Å². The maximum atomic E-state index is 12.6. The first-order chi connectivity index (χ1) is 13.6. The van der Waals surface area contributed by atoms with E-state index in [1.807, 2.05) is 24.3 Å². The number of aromatic nitrogens is 1. The van der Waals surface area contributed by atoms with Gasteiger partial charge in [0, 0.05) is 36.8 Å². The van der Waals surface area contributed by atoms with Gasteiger partial charge in [-0.05, 0) is 29.8 Å². The second-order valence-electron chi connectivity index (χ2n) is 6.18. The SMILES string of the molecule is COCCn1ccc2c(OCC(=O)NCc3ccccc3Cl)cccc2c1=O. The van der Waals surface area contributed by atoms with Crippen LogP contribution in [0.15, 0.2) is 59.5 Å². The molecule has 1 heterocycles. The van der Waals surface area contributed by atoms with Crippen LogP contribution in [0.2, 0.25) is 5.02 Å². The molecular formula is C21H21ClN2O4. The number of methoxy groups -OCH3 is 1. The Balaban J connectivity index is 1.67. The number of nitrogens with one attached hydrogen (secondary N) is 1. The second kappa shape index (κ2) is 9.39. The summed E-state index contributed by atoms with van der Waals surface area (Å²) in [5.74, 6) is 0.215. The van der Waals surface area contributed by atoms with E-state index in [0.717, 1.165) is 5.56 Å². The van der Waals surface area contributed by atoms with Crippen LogP contribution in [0.5, 0.6) is 5.75 Å². The summed E-state index contributed by atoms with van der Waals surface area (Å²) in [4.78, 5) is 24.7. The number of benzene rings is 2. The Bertz CT molecular complexity index is 1030. The van der Waals surface area contributed by atoms with Crippen LogP contribution in [0.4, 0.5) is 0 Å². The van der Waals surface area contributed by atoms with Crippen molar-refractivity contribution in [2.24, 2.45) is 0 Å². The van der Waals surface area contributed by atoms with Gasteiger partial charge in [-0.2, -0.15) is 0 Å². The number of nitrogens with zero attached hydrogens (tertiary/aromatic N) is 1. The molecule has 146 valence electrons. The van der Waals surface area contributed by atoms with Crippen LogP contribution >= 0.6 is 11.6 Å². The number of pyridine rings is 1. The van der Waals surface area contributed by atoms with Crippen LogP contribution in [0.1, 0.15) is 5.56 Å². The van der Waals surface area contributed by atoms with Gasteiger partial charge in [0.15, 0.2) is 6.61 Å². The van der Waals surface area contributed by atoms with E-state index in [1.165, 1.54) is 0 Å². The number of amides is 1. The van der Waals surface area contributed by atoms with Gasteiger partial charge in [-0.15, -0.1) is 0 Å². The summed E-state index contributed by atoms with van der Waals surface area (Å²) >= 11 is 6.08. The highest BCUT2D eigenvalue weighted by molar-refractivity contribution is 6.31. The molecule has 0 aliphatic carbocycles. The van der Waals surface area contributed by atoms with Gasteiger partial charge in [-0.3, -0.25) is 9.59 Å². The smallest absolute Gasteiger partial charge is 0.258 e. The van der Waals surface area contributed by atoms with Crippen molar-refractivity contribution >= 4 is 28.3 Å². The number of hydrogen-bond donors (Lipinski definition) is 1. The molecule has 3 rings (SSSR count). The van der Waals surface area contributed by atoms with E-state index in [9.17, 15) is 9.59 Å². The van der Waals surface area contributed by atoms with E-state index in [-0.39, 0.29) is 18.1 Å². The molecule has 0 aliphatic rings. The number of fused-ring (bicyclic) bond motifs is 1. The summed E-state index contributed by atoms with van der Waals surface area (Å²) in [6, 6.07) is 14.3. The van der Waals surface area contributed by atoms with Crippen molar-refractivity contribution in [2.75, 3.05) is 20.3 Å². The fourth-order valence-corrected chi connectivity index (χ4v) is 3.01. The normalized spacial score (nSPS) is 10.8. The van der Waals surface area contributed by atoms with Gasteiger partial charge in [-0.25, -0.2) is 0 Å². The number of carbonyl (C=O) groups is 1. The average molecular weight is 401 g/mol. The van der Waals surface area contributed by atoms with E-state index in [2.05, 4.69) is 5.32 Å². The first-order valence-corrected chi connectivity index (χ1v) is 9.22. The molecule has 0 radical (unpaired) electrons. The molecule has 1 N–H and O–H groups in total. The molecule has 0 aliphatic heterocycles. The lowest BCUT2D eigenvalue weighted by molar-refractivity contribution is -0.123. The summed E-state index contributed by atoms with van der Waals surface area (Å²) < 4.78 is 12.3. The molecule has 1 aromatic heterocycles. The van der Waals surface area contributed by atoms with E-state index >= 15 is 0 Å². The predicted molar refractivity (Wildman–Crippen MR) is 109 cm³/mol. The molecule has 0 bridgehead atoms. The minimum atomic E-state index is -0.273. The Morgan fingerprint density at radius 1 is 1.11 bits per heavy atom. The largest absolute Gasteiger partial charge is 0.483 e. The molecule has 6 nitrogen and oxygen atoms in total. The zero-order valence-corrected chi connectivity index (χ0v) is 16.2. The third kappa shape index (κ3) is 4.71. The van der Waals surface area contributed by atoms with Gasteiger partial charge in [0.1, 0.15) is 5.75 Å². The van der Waals surface area contributed by atoms with Gasteiger partial charge in [-0.1, -0.05) is 35.9 Å². The standard InChI is InChI=1S/C21H21ClN2O4/c1-27-12-11-24-10-9-16-17(21(24)26)6-4-8-19(16)28-14-20(25)23-13-15-5-2-3-7-18(15)22/h2-10H,11-14H2,1H3,(H,23,25). The lowest BCUT2D eigenvalue weighted by Crippen LogP contribution is -2.28. The number of carbonyl (C=O) groups excluding carboxylic acids is 1. The third-order valence-electron chi connectivity index (χ3n) is 4.31. The van der Waals surface area contributed by atoms with Crippen LogP contribution in [0.25, 0.3) is 10.8 Å². The van der Waals surface area contributed by atoms with Crippen molar-refractivity contribution in [3.05, 3.63) is 75.7 Å². The molecule has 0 unspecified atom stereocenters. The molecule has 3 aromatic rings. The Kier molecular flexibility index (Phi) is 6.68. The average Bonchev–Trinajstić information content (AvgIpc) is 2.71. The maximum absolute atomic E-state index is 12.6. The van der Waals surface area contributed by atoms with E-state index in [0.29, 0.717) is 41.2 Å². The minimum Gasteiger partial charge on any atom is -0.483 e. The number of halogens is 1. The highest BCUT2D eigenvalue weighted by Gasteiger charge is 2.10. The molecule has 0 spiro atoms. The number of hydrogen-bond acceptors (Lipinski definition) is 4. The van der Waals surface area contributed by atoms with Gasteiger partial charge in [0.05, 0.1) is 12.0 Å². The molecular weight excluding hydrogens is 380 g/mol. The molecule has 0 saturated heterocycles. The molecule has 7 heteroatoms. The Labute approximate surface area is 167 Å². The van der Waals surface area contributed by atoms with E-state index in [1.54, 1.807) is 42.1 Å². The molecule has 28 heavy (non-hydrogen) atoms. The van der Waals surface area contributed by atoms with Crippen LogP contribution in [-0.4, -0.2) is 30.8 Å². The fraction of sp³-hybridized carbons (Fsp3) is 0.238. The molecule has 0 fully saturated rings. The lowest BCUT2D eigenvalue weighted by atomic mass is 10.1. The molecule has 1 amide bonds. The Morgan fingerprint density at radius 2 is 1.93 bits per heavy atom. The van der Waals surface area contributed by atoms with Crippen molar-refractivity contribution in [2.45, 2.75) is 13.1 Å². The zero-order chi connectivity index (χ0) is 19.9. The van der Waals surface area contributed by atoms with Crippen LogP contribution in [-0.2, 0) is 22.6 Å². The van der Waals surface area contributed by atoms with Crippen molar-refractivity contribution in [1.29, 1.82) is 0 Å². The van der Waals surface area contributed by atoms with Crippen LogP contribution in [0.3, 0.4) is 0 Å². The van der Waals surface area contributed by atoms with Crippen molar-refractivity contribution in [1.82, 2.24) is 9.88 Å². The molecule has 0 saturated carbocycles. The lowest BCUT2D eigenvalue weighted by Gasteiger charge is -2.12. The van der Waals surface area contributed by atoms with Crippen LogP contribution < -0.4 is 15.6 Å². The summed E-state index contributed by atoms with van der Waals surface area (Å²) in [5.41, 5.74) is 0.711. The number of rotatable bonds is 8. The second-order valence-corrected chi connectivity index (χ2v) is 6.59. The van der Waals surface area contributed by atoms with Crippen molar-refractivity contribution in [3.8, 4) is 5.75 Å². The van der Waals surface area contributed by atoms with E-state index < -0.39 is 0 Å². The maximum Gasteiger partial charge on any atom is 0.258 e. The highest BCUT2D eigenvalue weighted by atomic mass is 35.5. The summed E-state index contributed by atoms with van der Waals surface area (Å²) in [7, 11) is 1.59. The monoisotopic (exact) mass is 400 g/mol. The zero-order valence-electron chi connectivity index (χ0n) is 15.5. The third-order valence-corrected chi connectivity index (χ3v) is 4.68. The summed E-state index contributed by atoms with van der Waals surface area (Å²) in [6.45, 7) is 1.09. The summed E-state index contributed by atoms with van der Waals surface area (Å²) in [6.07, 6.45) is 1.70. The molecule has 0 atom stereocenters. The van der Waals surface area contributed by atoms with Gasteiger partial charge >= 0.3 is 0 Å².